The number of rotatable bonds is 3. The maximum atomic E-state index is 3.60. The van der Waals surface area contributed by atoms with Crippen molar-refractivity contribution in [1.29, 1.82) is 0 Å². The lowest BCUT2D eigenvalue weighted by atomic mass is 9.97. The fourth-order valence-electron chi connectivity index (χ4n) is 8.06. The van der Waals surface area contributed by atoms with Crippen molar-refractivity contribution >= 4 is 66.3 Å². The number of nitrogens with zero attached hydrogens (tertiary/aromatic N) is 3. The zero-order valence-corrected chi connectivity index (χ0v) is 24.6. The normalized spacial score (nSPS) is 18.8. The average Bonchev–Trinajstić information content (AvgIpc) is 3.74. The third-order valence-corrected chi connectivity index (χ3v) is 9.86. The molecule has 3 aliphatic rings. The van der Waals surface area contributed by atoms with Gasteiger partial charge in [0.1, 0.15) is 0 Å². The van der Waals surface area contributed by atoms with Crippen LogP contribution in [0.25, 0.3) is 60.6 Å². The second kappa shape index (κ2) is 9.37. The van der Waals surface area contributed by atoms with Crippen molar-refractivity contribution in [3.05, 3.63) is 163 Å². The van der Waals surface area contributed by atoms with E-state index in [0.29, 0.717) is 0 Å². The molecule has 0 radical (unpaired) electrons. The molecule has 2 aromatic heterocycles. The van der Waals surface area contributed by atoms with Crippen LogP contribution in [0.3, 0.4) is 0 Å². The summed E-state index contributed by atoms with van der Waals surface area (Å²) in [5.41, 5.74) is 14.9. The van der Waals surface area contributed by atoms with Crippen molar-refractivity contribution in [2.24, 2.45) is 0 Å². The number of benzene rings is 5. The van der Waals surface area contributed by atoms with Crippen LogP contribution in [0.1, 0.15) is 12.0 Å². The highest BCUT2D eigenvalue weighted by Crippen LogP contribution is 2.46. The number of aromatic nitrogens is 2. The SMILES string of the molecule is C1=CC=CC2C=1c1ccccc1N2C1C=C(n2c3ccccc3c3ccccc32)C=C(n2c3ccccc3c3ccccc32)C1. The smallest absolute Gasteiger partial charge is 0.0815 e. The Bertz CT molecular complexity index is 2420. The van der Waals surface area contributed by atoms with Crippen LogP contribution in [-0.2, 0) is 0 Å². The molecule has 7 aromatic rings. The minimum atomic E-state index is 0.119. The molecular formula is C42H29N3. The zero-order chi connectivity index (χ0) is 29.5. The topological polar surface area (TPSA) is 13.1 Å². The first-order chi connectivity index (χ1) is 22.3. The Morgan fingerprint density at radius 1 is 0.578 bits per heavy atom. The molecule has 0 spiro atoms. The summed E-state index contributed by atoms with van der Waals surface area (Å²) >= 11 is 0. The van der Waals surface area contributed by atoms with E-state index in [4.69, 9.17) is 0 Å². The van der Waals surface area contributed by atoms with Crippen molar-refractivity contribution in [3.8, 4) is 0 Å². The third kappa shape index (κ3) is 3.47. The zero-order valence-electron chi connectivity index (χ0n) is 24.6. The molecule has 5 aromatic carbocycles. The average molecular weight is 576 g/mol. The van der Waals surface area contributed by atoms with E-state index >= 15 is 0 Å². The van der Waals surface area contributed by atoms with Gasteiger partial charge in [-0.25, -0.2) is 0 Å². The van der Waals surface area contributed by atoms with Crippen LogP contribution >= 0.6 is 0 Å². The van der Waals surface area contributed by atoms with Crippen molar-refractivity contribution < 1.29 is 0 Å². The highest BCUT2D eigenvalue weighted by Gasteiger charge is 2.38. The fourth-order valence-corrected chi connectivity index (χ4v) is 8.06. The van der Waals surface area contributed by atoms with Gasteiger partial charge < -0.3 is 14.0 Å². The Labute approximate surface area is 261 Å². The van der Waals surface area contributed by atoms with Gasteiger partial charge in [-0.3, -0.25) is 0 Å². The number of hydrogen-bond donors (Lipinski definition) is 0. The molecule has 3 nitrogen and oxygen atoms in total. The summed E-state index contributed by atoms with van der Waals surface area (Å²) in [6.07, 6.45) is 12.3. The van der Waals surface area contributed by atoms with Gasteiger partial charge in [0, 0.05) is 56.2 Å². The number of anilines is 1. The molecule has 212 valence electrons. The monoisotopic (exact) mass is 575 g/mol. The number of para-hydroxylation sites is 5. The molecule has 2 unspecified atom stereocenters. The van der Waals surface area contributed by atoms with Crippen LogP contribution in [0.15, 0.2) is 157 Å². The summed E-state index contributed by atoms with van der Waals surface area (Å²) in [4.78, 5) is 2.62. The Hall–Kier alpha value is -5.76. The first-order valence-electron chi connectivity index (χ1n) is 15.8. The molecule has 2 atom stereocenters. The molecule has 3 heterocycles. The molecule has 0 saturated heterocycles. The second-order valence-corrected chi connectivity index (χ2v) is 12.2. The Morgan fingerprint density at radius 3 is 1.73 bits per heavy atom. The lowest BCUT2D eigenvalue weighted by Crippen LogP contribution is -2.40. The Balaban J connectivity index is 1.27. The third-order valence-electron chi connectivity index (χ3n) is 9.86. The highest BCUT2D eigenvalue weighted by molar-refractivity contribution is 6.12. The first kappa shape index (κ1) is 24.7. The standard InChI is InChI=1S/C42H29N3/c1-7-19-37-31(13-1)32-14-2-8-20-38(32)43(37)28-25-29(44-39-21-9-3-15-33(39)34-16-4-10-22-40(34)44)27-30(26-28)45-41-23-11-5-17-35(41)36-18-6-12-24-42(36)45/h1-17,19-26,30,42H,27H2. The van der Waals surface area contributed by atoms with Crippen LogP contribution in [0.5, 0.6) is 0 Å². The highest BCUT2D eigenvalue weighted by atomic mass is 15.2. The van der Waals surface area contributed by atoms with Gasteiger partial charge in [0.2, 0.25) is 0 Å². The van der Waals surface area contributed by atoms with Crippen molar-refractivity contribution in [2.45, 2.75) is 18.5 Å². The lowest BCUT2D eigenvalue weighted by molar-refractivity contribution is 0.691. The van der Waals surface area contributed by atoms with E-state index in [-0.39, 0.29) is 12.1 Å². The van der Waals surface area contributed by atoms with Crippen LogP contribution < -0.4 is 4.90 Å². The number of fused-ring (bicyclic) bond motifs is 9. The van der Waals surface area contributed by atoms with Crippen LogP contribution in [0.4, 0.5) is 5.69 Å². The minimum absolute atomic E-state index is 0.119. The molecule has 2 aliphatic carbocycles. The van der Waals surface area contributed by atoms with Crippen molar-refractivity contribution in [2.75, 3.05) is 4.90 Å². The summed E-state index contributed by atoms with van der Waals surface area (Å²) < 4.78 is 4.98. The second-order valence-electron chi connectivity index (χ2n) is 12.2. The molecule has 0 amide bonds. The molecule has 10 rings (SSSR count). The predicted molar refractivity (Wildman–Crippen MR) is 189 cm³/mol. The van der Waals surface area contributed by atoms with Gasteiger partial charge in [0.15, 0.2) is 0 Å². The van der Waals surface area contributed by atoms with Crippen LogP contribution in [0.2, 0.25) is 0 Å². The summed E-state index contributed by atoms with van der Waals surface area (Å²) in [5.74, 6) is 0. The van der Waals surface area contributed by atoms with E-state index in [9.17, 15) is 0 Å². The molecule has 0 N–H and O–H groups in total. The van der Waals surface area contributed by atoms with E-state index in [2.05, 4.69) is 171 Å². The van der Waals surface area contributed by atoms with Gasteiger partial charge in [-0.05, 0) is 48.6 Å². The minimum Gasteiger partial charge on any atom is -0.353 e. The van der Waals surface area contributed by atoms with Gasteiger partial charge in [-0.1, -0.05) is 103 Å². The molecule has 0 saturated carbocycles. The van der Waals surface area contributed by atoms with Crippen molar-refractivity contribution in [1.82, 2.24) is 9.13 Å². The van der Waals surface area contributed by atoms with Crippen molar-refractivity contribution in [3.63, 3.8) is 0 Å². The van der Waals surface area contributed by atoms with E-state index in [1.807, 2.05) is 0 Å². The van der Waals surface area contributed by atoms with Gasteiger partial charge in [0.05, 0.1) is 34.2 Å². The maximum absolute atomic E-state index is 3.60. The van der Waals surface area contributed by atoms with Crippen LogP contribution in [0, 0.1) is 0 Å². The summed E-state index contributed by atoms with van der Waals surface area (Å²) in [6.45, 7) is 0. The van der Waals surface area contributed by atoms with Gasteiger partial charge in [0.25, 0.3) is 0 Å². The van der Waals surface area contributed by atoms with E-state index in [1.165, 1.54) is 71.8 Å². The molecule has 45 heavy (non-hydrogen) atoms. The molecule has 3 heteroatoms. The first-order valence-corrected chi connectivity index (χ1v) is 15.8. The summed E-state index contributed by atoms with van der Waals surface area (Å²) in [6, 6.07) is 44.4. The molecule has 0 fully saturated rings. The fraction of sp³-hybridized carbons (Fsp3) is 0.0714. The quantitative estimate of drug-likeness (QED) is 0.191. The predicted octanol–water partition coefficient (Wildman–Crippen LogP) is 10.1. The van der Waals surface area contributed by atoms with Crippen LogP contribution in [-0.4, -0.2) is 21.2 Å². The van der Waals surface area contributed by atoms with E-state index in [1.54, 1.807) is 0 Å². The number of allylic oxidation sites excluding steroid dienone is 3. The van der Waals surface area contributed by atoms with Gasteiger partial charge in [-0.15, -0.1) is 5.73 Å². The summed E-state index contributed by atoms with van der Waals surface area (Å²) in [7, 11) is 0. The largest absolute Gasteiger partial charge is 0.353 e. The maximum Gasteiger partial charge on any atom is 0.0815 e. The summed E-state index contributed by atoms with van der Waals surface area (Å²) in [5, 5.41) is 5.13. The Morgan fingerprint density at radius 2 is 1.11 bits per heavy atom. The van der Waals surface area contributed by atoms with E-state index < -0.39 is 0 Å². The van der Waals surface area contributed by atoms with E-state index in [0.717, 1.165) is 6.42 Å². The van der Waals surface area contributed by atoms with Gasteiger partial charge >= 0.3 is 0 Å². The number of hydrogen-bond acceptors (Lipinski definition) is 1. The molecule has 0 bridgehead atoms. The lowest BCUT2D eigenvalue weighted by Gasteiger charge is -2.36. The van der Waals surface area contributed by atoms with Gasteiger partial charge in [-0.2, -0.15) is 0 Å². The Kier molecular flexibility index (Phi) is 5.13. The molecule has 1 aliphatic heterocycles. The molecular weight excluding hydrogens is 546 g/mol.